The molecule has 0 unspecified atom stereocenters. The Hall–Kier alpha value is -0.120. The van der Waals surface area contributed by atoms with Gasteiger partial charge in [0, 0.05) is 19.6 Å². The topological polar surface area (TPSA) is 42.0 Å². The standard InChI is InChI=1S/C10H18O3/c1-10(11,6-9-7-13-9)8-2-4-12-5-3-8/h8-9,11H,2-7H2,1H3/t9-,10+/m1/s1. The Kier molecular flexibility index (Phi) is 2.58. The number of hydrogen-bond donors (Lipinski definition) is 1. The molecule has 2 atom stereocenters. The van der Waals surface area contributed by atoms with Crippen molar-refractivity contribution in [2.75, 3.05) is 19.8 Å². The van der Waals surface area contributed by atoms with Crippen LogP contribution in [0.1, 0.15) is 26.2 Å². The molecule has 0 bridgehead atoms. The molecule has 2 fully saturated rings. The van der Waals surface area contributed by atoms with Gasteiger partial charge in [-0.1, -0.05) is 0 Å². The van der Waals surface area contributed by atoms with Crippen LogP contribution in [0, 0.1) is 5.92 Å². The smallest absolute Gasteiger partial charge is 0.0837 e. The van der Waals surface area contributed by atoms with E-state index in [1.54, 1.807) is 0 Å². The van der Waals surface area contributed by atoms with Gasteiger partial charge in [0.2, 0.25) is 0 Å². The summed E-state index contributed by atoms with van der Waals surface area (Å²) in [5.74, 6) is 0.394. The summed E-state index contributed by atoms with van der Waals surface area (Å²) >= 11 is 0. The Balaban J connectivity index is 1.86. The summed E-state index contributed by atoms with van der Waals surface area (Å²) in [5.41, 5.74) is -0.551. The van der Waals surface area contributed by atoms with Crippen LogP contribution in [0.15, 0.2) is 0 Å². The number of aliphatic hydroxyl groups is 1. The first-order valence-corrected chi connectivity index (χ1v) is 5.10. The Morgan fingerprint density at radius 3 is 2.54 bits per heavy atom. The molecule has 2 heterocycles. The van der Waals surface area contributed by atoms with Gasteiger partial charge in [-0.05, 0) is 25.7 Å². The van der Waals surface area contributed by atoms with Crippen molar-refractivity contribution in [3.8, 4) is 0 Å². The normalized spacial score (nSPS) is 34.2. The van der Waals surface area contributed by atoms with Crippen LogP contribution in [0.25, 0.3) is 0 Å². The summed E-state index contributed by atoms with van der Waals surface area (Å²) in [6.07, 6.45) is 3.08. The molecule has 1 N–H and O–H groups in total. The highest BCUT2D eigenvalue weighted by Gasteiger charge is 2.39. The molecule has 2 aliphatic rings. The molecule has 76 valence electrons. The molecule has 13 heavy (non-hydrogen) atoms. The third-order valence-corrected chi connectivity index (χ3v) is 3.14. The second kappa shape index (κ2) is 3.56. The lowest BCUT2D eigenvalue weighted by molar-refractivity contribution is -0.0615. The monoisotopic (exact) mass is 186 g/mol. The highest BCUT2D eigenvalue weighted by atomic mass is 16.6. The van der Waals surface area contributed by atoms with Crippen LogP contribution in [0.3, 0.4) is 0 Å². The van der Waals surface area contributed by atoms with E-state index < -0.39 is 5.60 Å². The third kappa shape index (κ3) is 2.42. The van der Waals surface area contributed by atoms with Crippen molar-refractivity contribution in [2.45, 2.75) is 37.9 Å². The van der Waals surface area contributed by atoms with Crippen molar-refractivity contribution in [2.24, 2.45) is 5.92 Å². The number of rotatable bonds is 3. The van der Waals surface area contributed by atoms with Crippen LogP contribution in [0.5, 0.6) is 0 Å². The second-order valence-corrected chi connectivity index (χ2v) is 4.40. The van der Waals surface area contributed by atoms with Gasteiger partial charge >= 0.3 is 0 Å². The molecule has 0 amide bonds. The van der Waals surface area contributed by atoms with Crippen molar-refractivity contribution in [1.29, 1.82) is 0 Å². The van der Waals surface area contributed by atoms with Crippen molar-refractivity contribution >= 4 is 0 Å². The van der Waals surface area contributed by atoms with Crippen LogP contribution < -0.4 is 0 Å². The van der Waals surface area contributed by atoms with E-state index in [0.717, 1.165) is 39.1 Å². The van der Waals surface area contributed by atoms with Gasteiger partial charge in [0.1, 0.15) is 0 Å². The zero-order valence-electron chi connectivity index (χ0n) is 8.16. The molecule has 3 heteroatoms. The first-order chi connectivity index (χ1) is 6.18. The van der Waals surface area contributed by atoms with E-state index >= 15 is 0 Å². The van der Waals surface area contributed by atoms with Crippen molar-refractivity contribution in [1.82, 2.24) is 0 Å². The fourth-order valence-corrected chi connectivity index (χ4v) is 2.13. The lowest BCUT2D eigenvalue weighted by Crippen LogP contribution is -2.39. The first kappa shape index (κ1) is 9.44. The van der Waals surface area contributed by atoms with E-state index in [1.165, 1.54) is 0 Å². The van der Waals surface area contributed by atoms with Gasteiger partial charge in [-0.2, -0.15) is 0 Å². The van der Waals surface area contributed by atoms with E-state index in [4.69, 9.17) is 9.47 Å². The molecular formula is C10H18O3. The van der Waals surface area contributed by atoms with Crippen molar-refractivity contribution < 1.29 is 14.6 Å². The molecule has 3 nitrogen and oxygen atoms in total. The van der Waals surface area contributed by atoms with Crippen molar-refractivity contribution in [3.05, 3.63) is 0 Å². The maximum absolute atomic E-state index is 10.2. The minimum absolute atomic E-state index is 0.317. The van der Waals surface area contributed by atoms with E-state index in [0.29, 0.717) is 12.0 Å². The van der Waals surface area contributed by atoms with Crippen LogP contribution in [0.2, 0.25) is 0 Å². The molecule has 0 aliphatic carbocycles. The highest BCUT2D eigenvalue weighted by molar-refractivity contribution is 4.89. The number of epoxide rings is 1. The van der Waals surface area contributed by atoms with Crippen molar-refractivity contribution in [3.63, 3.8) is 0 Å². The van der Waals surface area contributed by atoms with E-state index in [1.807, 2.05) is 6.92 Å². The maximum Gasteiger partial charge on any atom is 0.0837 e. The quantitative estimate of drug-likeness (QED) is 0.667. The summed E-state index contributed by atoms with van der Waals surface area (Å²) in [4.78, 5) is 0. The van der Waals surface area contributed by atoms with Crippen LogP contribution >= 0.6 is 0 Å². The van der Waals surface area contributed by atoms with Gasteiger partial charge in [0.05, 0.1) is 18.3 Å². The highest BCUT2D eigenvalue weighted by Crippen LogP contribution is 2.33. The largest absolute Gasteiger partial charge is 0.390 e. The predicted octanol–water partition coefficient (Wildman–Crippen LogP) is 0.953. The SMILES string of the molecule is C[C@](O)(C[C@@H]1CO1)C1CCOCC1. The molecule has 0 radical (unpaired) electrons. The van der Waals surface area contributed by atoms with Crippen LogP contribution in [-0.2, 0) is 9.47 Å². The zero-order valence-corrected chi connectivity index (χ0v) is 8.16. The lowest BCUT2D eigenvalue weighted by Gasteiger charge is -2.35. The molecule has 0 aromatic heterocycles. The lowest BCUT2D eigenvalue weighted by atomic mass is 9.80. The summed E-state index contributed by atoms with van der Waals surface area (Å²) in [6.45, 7) is 4.36. The Bertz CT molecular complexity index is 169. The Morgan fingerprint density at radius 2 is 2.00 bits per heavy atom. The molecule has 0 spiro atoms. The third-order valence-electron chi connectivity index (χ3n) is 3.14. The minimum atomic E-state index is -0.551. The second-order valence-electron chi connectivity index (χ2n) is 4.40. The summed E-state index contributed by atoms with van der Waals surface area (Å²) < 4.78 is 10.4. The fraction of sp³-hybridized carbons (Fsp3) is 1.00. The fourth-order valence-electron chi connectivity index (χ4n) is 2.13. The molecule has 0 aromatic rings. The van der Waals surface area contributed by atoms with E-state index in [2.05, 4.69) is 0 Å². The maximum atomic E-state index is 10.2. The average Bonchev–Trinajstić information content (AvgIpc) is 2.89. The van der Waals surface area contributed by atoms with Gasteiger partial charge in [-0.3, -0.25) is 0 Å². The average molecular weight is 186 g/mol. The zero-order chi connectivity index (χ0) is 9.31. The molecule has 0 saturated carbocycles. The first-order valence-electron chi connectivity index (χ1n) is 5.10. The summed E-state index contributed by atoms with van der Waals surface area (Å²) in [6, 6.07) is 0. The summed E-state index contributed by atoms with van der Waals surface area (Å²) in [7, 11) is 0. The molecule has 2 aliphatic heterocycles. The predicted molar refractivity (Wildman–Crippen MR) is 48.5 cm³/mol. The molecular weight excluding hydrogens is 168 g/mol. The van der Waals surface area contributed by atoms with Gasteiger partial charge in [0.25, 0.3) is 0 Å². The Labute approximate surface area is 79.0 Å². The van der Waals surface area contributed by atoms with Crippen LogP contribution in [0.4, 0.5) is 0 Å². The number of hydrogen-bond acceptors (Lipinski definition) is 3. The van der Waals surface area contributed by atoms with Gasteiger partial charge < -0.3 is 14.6 Å². The van der Waals surface area contributed by atoms with E-state index in [9.17, 15) is 5.11 Å². The Morgan fingerprint density at radius 1 is 1.38 bits per heavy atom. The van der Waals surface area contributed by atoms with Gasteiger partial charge in [-0.15, -0.1) is 0 Å². The summed E-state index contributed by atoms with van der Waals surface area (Å²) in [5, 5.41) is 10.2. The van der Waals surface area contributed by atoms with Crippen LogP contribution in [-0.4, -0.2) is 36.6 Å². The molecule has 2 saturated heterocycles. The van der Waals surface area contributed by atoms with Gasteiger partial charge in [-0.25, -0.2) is 0 Å². The number of ether oxygens (including phenoxy) is 2. The van der Waals surface area contributed by atoms with Gasteiger partial charge in [0.15, 0.2) is 0 Å². The minimum Gasteiger partial charge on any atom is -0.390 e. The molecule has 0 aromatic carbocycles. The molecule has 2 rings (SSSR count). The van der Waals surface area contributed by atoms with E-state index in [-0.39, 0.29) is 0 Å².